The number of carbonyl (C=O) groups excluding carboxylic acids is 1. The third-order valence-electron chi connectivity index (χ3n) is 3.81. The highest BCUT2D eigenvalue weighted by Crippen LogP contribution is 2.34. The average molecular weight is 376 g/mol. The Morgan fingerprint density at radius 1 is 1.32 bits per heavy atom. The number of fused-ring (bicyclic) bond motifs is 1. The van der Waals surface area contributed by atoms with Gasteiger partial charge in [-0.15, -0.1) is 0 Å². The molecule has 0 saturated heterocycles. The van der Waals surface area contributed by atoms with Gasteiger partial charge in [0.25, 0.3) is 0 Å². The Balaban J connectivity index is 1.80. The fourth-order valence-corrected chi connectivity index (χ4v) is 3.12. The summed E-state index contributed by atoms with van der Waals surface area (Å²) in [4.78, 5) is 26.3. The maximum atomic E-state index is 12.2. The third-order valence-corrected chi connectivity index (χ3v) is 4.62. The molecule has 1 aromatic carbocycles. The number of thioether (sulfide) groups is 1. The lowest BCUT2D eigenvalue weighted by molar-refractivity contribution is 0.0366. The minimum Gasteiger partial charge on any atom is -0.338 e. The van der Waals surface area contributed by atoms with Crippen LogP contribution in [-0.2, 0) is 11.3 Å². The Bertz CT molecular complexity index is 835. The smallest absolute Gasteiger partial charge is 0.338 e. The van der Waals surface area contributed by atoms with E-state index < -0.39 is 5.97 Å². The summed E-state index contributed by atoms with van der Waals surface area (Å²) in [6.45, 7) is 4.22. The lowest BCUT2D eigenvalue weighted by Crippen LogP contribution is -2.27. The van der Waals surface area contributed by atoms with Crippen LogP contribution in [0.25, 0.3) is 5.70 Å². The molecule has 0 aliphatic heterocycles. The maximum Gasteiger partial charge on any atom is 0.362 e. The van der Waals surface area contributed by atoms with Crippen molar-refractivity contribution in [1.29, 1.82) is 0 Å². The van der Waals surface area contributed by atoms with Gasteiger partial charge in [-0.05, 0) is 42.4 Å². The number of hydrogen-bond acceptors (Lipinski definition) is 6. The molecule has 0 atom stereocenters. The third kappa shape index (κ3) is 4.14. The fourth-order valence-electron chi connectivity index (χ4n) is 2.64. The van der Waals surface area contributed by atoms with Gasteiger partial charge in [0, 0.05) is 16.8 Å². The fraction of sp³-hybridized carbons (Fsp3) is 0.278. The van der Waals surface area contributed by atoms with E-state index in [9.17, 15) is 4.79 Å². The molecule has 0 radical (unpaired) electrons. The molecule has 1 aliphatic rings. The number of carbonyl (C=O) groups is 1. The van der Waals surface area contributed by atoms with Crippen LogP contribution < -0.4 is 5.48 Å². The van der Waals surface area contributed by atoms with Gasteiger partial charge in [0.2, 0.25) is 0 Å². The number of nitrogens with zero attached hydrogens (tertiary/aromatic N) is 2. The molecule has 25 heavy (non-hydrogen) atoms. The van der Waals surface area contributed by atoms with Crippen LogP contribution in [-0.4, -0.2) is 22.2 Å². The summed E-state index contributed by atoms with van der Waals surface area (Å²) >= 11 is 7.34. The number of nitrogens with one attached hydrogen (secondary N) is 1. The van der Waals surface area contributed by atoms with Crippen LogP contribution in [0, 0.1) is 5.41 Å². The van der Waals surface area contributed by atoms with Gasteiger partial charge < -0.3 is 4.84 Å². The second kappa shape index (κ2) is 7.06. The molecule has 0 bridgehead atoms. The molecule has 1 heterocycles. The first kappa shape index (κ1) is 17.8. The van der Waals surface area contributed by atoms with Crippen LogP contribution in [0.2, 0.25) is 5.02 Å². The molecule has 0 saturated carbocycles. The normalized spacial score (nSPS) is 15.1. The van der Waals surface area contributed by atoms with Crippen molar-refractivity contribution in [2.75, 3.05) is 6.26 Å². The highest BCUT2D eigenvalue weighted by molar-refractivity contribution is 7.98. The summed E-state index contributed by atoms with van der Waals surface area (Å²) in [6, 6.07) is 6.53. The molecule has 1 aromatic heterocycles. The monoisotopic (exact) mass is 375 g/mol. The van der Waals surface area contributed by atoms with Crippen LogP contribution in [0.3, 0.4) is 0 Å². The van der Waals surface area contributed by atoms with Crippen LogP contribution in [0.1, 0.15) is 35.5 Å². The molecular weight excluding hydrogens is 358 g/mol. The zero-order valence-corrected chi connectivity index (χ0v) is 15.7. The Morgan fingerprint density at radius 2 is 2.04 bits per heavy atom. The van der Waals surface area contributed by atoms with Gasteiger partial charge in [0.1, 0.15) is 0 Å². The minimum atomic E-state index is -0.482. The largest absolute Gasteiger partial charge is 0.362 e. The molecule has 0 fully saturated rings. The van der Waals surface area contributed by atoms with Crippen molar-refractivity contribution >= 4 is 35.0 Å². The minimum absolute atomic E-state index is 0.105. The van der Waals surface area contributed by atoms with Crippen molar-refractivity contribution in [2.24, 2.45) is 5.41 Å². The van der Waals surface area contributed by atoms with Crippen molar-refractivity contribution < 1.29 is 9.63 Å². The van der Waals surface area contributed by atoms with E-state index in [1.807, 2.05) is 12.3 Å². The first-order valence-corrected chi connectivity index (χ1v) is 9.34. The Morgan fingerprint density at radius 3 is 2.72 bits per heavy atom. The van der Waals surface area contributed by atoms with E-state index in [2.05, 4.69) is 29.3 Å². The van der Waals surface area contributed by atoms with Crippen molar-refractivity contribution in [3.8, 4) is 0 Å². The van der Waals surface area contributed by atoms with Crippen LogP contribution >= 0.6 is 23.4 Å². The van der Waals surface area contributed by atoms with Crippen molar-refractivity contribution in [2.45, 2.75) is 25.4 Å². The second-order valence-corrected chi connectivity index (χ2v) is 7.65. The summed E-state index contributed by atoms with van der Waals surface area (Å²) in [7, 11) is 0. The second-order valence-electron chi connectivity index (χ2n) is 6.44. The lowest BCUT2D eigenvalue weighted by Gasteiger charge is -2.28. The number of halogens is 1. The van der Waals surface area contributed by atoms with E-state index in [1.54, 1.807) is 30.5 Å². The van der Waals surface area contributed by atoms with Crippen LogP contribution in [0.15, 0.2) is 41.7 Å². The molecule has 0 unspecified atom stereocenters. The van der Waals surface area contributed by atoms with Crippen LogP contribution in [0.4, 0.5) is 0 Å². The number of allylic oxidation sites excluding steroid dienone is 1. The molecule has 3 rings (SSSR count). The molecule has 0 amide bonds. The number of aromatic nitrogens is 2. The van der Waals surface area contributed by atoms with Gasteiger partial charge in [-0.25, -0.2) is 20.2 Å². The lowest BCUT2D eigenvalue weighted by atomic mass is 9.81. The van der Waals surface area contributed by atoms with Crippen molar-refractivity contribution in [3.63, 3.8) is 0 Å². The first-order chi connectivity index (χ1) is 11.9. The zero-order chi connectivity index (χ0) is 18.0. The van der Waals surface area contributed by atoms with Gasteiger partial charge in [0.15, 0.2) is 5.16 Å². The van der Waals surface area contributed by atoms with Crippen molar-refractivity contribution in [3.05, 3.63) is 58.4 Å². The quantitative estimate of drug-likeness (QED) is 0.492. The summed E-state index contributed by atoms with van der Waals surface area (Å²) in [5.41, 5.74) is 5.57. The van der Waals surface area contributed by atoms with Gasteiger partial charge in [-0.1, -0.05) is 43.3 Å². The predicted octanol–water partition coefficient (Wildman–Crippen LogP) is 4.14. The Hall–Kier alpha value is -2.05. The van der Waals surface area contributed by atoms with E-state index in [1.165, 1.54) is 11.8 Å². The van der Waals surface area contributed by atoms with E-state index in [0.29, 0.717) is 16.3 Å². The summed E-state index contributed by atoms with van der Waals surface area (Å²) in [5, 5.41) is 1.30. The number of rotatable bonds is 4. The first-order valence-electron chi connectivity index (χ1n) is 7.74. The Kier molecular flexibility index (Phi) is 5.01. The molecule has 1 N–H and O–H groups in total. The predicted molar refractivity (Wildman–Crippen MR) is 99.3 cm³/mol. The Labute approximate surface area is 155 Å². The van der Waals surface area contributed by atoms with E-state index in [4.69, 9.17) is 16.4 Å². The highest BCUT2D eigenvalue weighted by Gasteiger charge is 2.28. The standard InChI is InChI=1S/C18H18ClN3O2S/c1-18(2)8-14-13(10-20-17(21-14)25-3)15(9-18)22-24-16(23)11-4-6-12(19)7-5-11/h4-7,9-10,22H,8H2,1-3H3. The topological polar surface area (TPSA) is 64.1 Å². The molecule has 2 aromatic rings. The highest BCUT2D eigenvalue weighted by atomic mass is 35.5. The van der Waals surface area contributed by atoms with Gasteiger partial charge in [-0.2, -0.15) is 0 Å². The van der Waals surface area contributed by atoms with Gasteiger partial charge in [0.05, 0.1) is 17.0 Å². The van der Waals surface area contributed by atoms with Gasteiger partial charge in [-0.3, -0.25) is 0 Å². The number of benzene rings is 1. The molecule has 5 nitrogen and oxygen atoms in total. The SMILES string of the molecule is CSc1ncc2c(n1)CC(C)(C)C=C2NOC(=O)c1ccc(Cl)cc1. The average Bonchev–Trinajstić information content (AvgIpc) is 2.58. The van der Waals surface area contributed by atoms with Crippen LogP contribution in [0.5, 0.6) is 0 Å². The number of hydroxylamine groups is 1. The van der Waals surface area contributed by atoms with Crippen molar-refractivity contribution in [1.82, 2.24) is 15.4 Å². The van der Waals surface area contributed by atoms with E-state index in [-0.39, 0.29) is 5.41 Å². The van der Waals surface area contributed by atoms with E-state index >= 15 is 0 Å². The summed E-state index contributed by atoms with van der Waals surface area (Å²) in [5.74, 6) is -0.482. The molecule has 0 spiro atoms. The van der Waals surface area contributed by atoms with Gasteiger partial charge >= 0.3 is 5.97 Å². The molecule has 130 valence electrons. The number of hydrogen-bond donors (Lipinski definition) is 1. The summed E-state index contributed by atoms with van der Waals surface area (Å²) in [6.07, 6.45) is 6.54. The zero-order valence-electron chi connectivity index (χ0n) is 14.2. The maximum absolute atomic E-state index is 12.2. The molecule has 7 heteroatoms. The molecular formula is C18H18ClN3O2S. The summed E-state index contributed by atoms with van der Waals surface area (Å²) < 4.78 is 0. The van der Waals surface area contributed by atoms with E-state index in [0.717, 1.165) is 22.8 Å². The molecule has 1 aliphatic carbocycles.